The zero-order valence-corrected chi connectivity index (χ0v) is 41.4. The lowest BCUT2D eigenvalue weighted by atomic mass is 9.97. The second-order valence-electron chi connectivity index (χ2n) is 17.9. The van der Waals surface area contributed by atoms with Gasteiger partial charge in [-0.1, -0.05) is 13.0 Å². The van der Waals surface area contributed by atoms with Crippen molar-refractivity contribution >= 4 is 52.6 Å². The van der Waals surface area contributed by atoms with Crippen molar-refractivity contribution in [2.45, 2.75) is 97.1 Å². The maximum Gasteiger partial charge on any atom is 0.311 e. The molecular weight excluding hydrogens is 953 g/mol. The number of Topliss-reactive ketones (excluding diaryl/α,β-unsaturated/α-hetero) is 1. The molecule has 1 aromatic rings. The first-order chi connectivity index (χ1) is 34.3. The minimum Gasteiger partial charge on any atom is -0.460 e. The Morgan fingerprint density at radius 3 is 1.93 bits per heavy atom. The van der Waals surface area contributed by atoms with Crippen LogP contribution in [0.2, 0.25) is 0 Å². The van der Waals surface area contributed by atoms with Crippen LogP contribution in [0.4, 0.5) is 5.69 Å². The van der Waals surface area contributed by atoms with E-state index in [4.69, 9.17) is 37.9 Å². The van der Waals surface area contributed by atoms with Crippen LogP contribution in [-0.4, -0.2) is 190 Å². The van der Waals surface area contributed by atoms with Gasteiger partial charge in [0.05, 0.1) is 83.1 Å². The van der Waals surface area contributed by atoms with Crippen molar-refractivity contribution in [2.24, 2.45) is 17.3 Å². The molecule has 2 aliphatic rings. The molecule has 0 spiro atoms. The van der Waals surface area contributed by atoms with Gasteiger partial charge < -0.3 is 79.6 Å². The third-order valence-corrected chi connectivity index (χ3v) is 10.8. The zero-order valence-electron chi connectivity index (χ0n) is 41.4. The number of esters is 1. The number of aliphatic hydroxyl groups is 4. The number of ketones is 3. The van der Waals surface area contributed by atoms with E-state index in [9.17, 15) is 58.8 Å². The molecule has 3 rings (SSSR count). The molecule has 1 aromatic carbocycles. The van der Waals surface area contributed by atoms with Crippen molar-refractivity contribution in [3.63, 3.8) is 0 Å². The van der Waals surface area contributed by atoms with E-state index in [2.05, 4.69) is 21.3 Å². The van der Waals surface area contributed by atoms with Crippen LogP contribution >= 0.6 is 0 Å². The van der Waals surface area contributed by atoms with Gasteiger partial charge in [0, 0.05) is 51.2 Å². The van der Waals surface area contributed by atoms with Gasteiger partial charge in [0.1, 0.15) is 49.2 Å². The maximum atomic E-state index is 13.0. The Hall–Kier alpha value is -5.28. The predicted octanol–water partition coefficient (Wildman–Crippen LogP) is -1.20. The Labute approximate surface area is 418 Å². The largest absolute Gasteiger partial charge is 0.460 e. The number of rotatable bonds is 35. The Balaban J connectivity index is 1.20. The van der Waals surface area contributed by atoms with Gasteiger partial charge in [-0.05, 0) is 57.0 Å². The van der Waals surface area contributed by atoms with Gasteiger partial charge >= 0.3 is 5.97 Å². The van der Waals surface area contributed by atoms with E-state index in [-0.39, 0.29) is 125 Å². The quantitative estimate of drug-likeness (QED) is 0.0225. The van der Waals surface area contributed by atoms with E-state index < -0.39 is 72.3 Å². The lowest BCUT2D eigenvalue weighted by molar-refractivity contribution is -0.277. The van der Waals surface area contributed by atoms with Gasteiger partial charge in [-0.25, -0.2) is 0 Å². The number of carbonyl (C=O) groups excluding carboxylic acids is 8. The third kappa shape index (κ3) is 23.1. The molecule has 72 heavy (non-hydrogen) atoms. The Morgan fingerprint density at radius 2 is 1.29 bits per heavy atom. The standard InChI is InChI=1S/C48H72N4O20/c1-30(25-32(54)12-16-65-19-21-67-23-24-68-22-20-66-17-14-50-39(57)10-6-33-35(55)7-8-36(33)56)45(63)51-15-18-69-29-41(59)49-13-11-40(58)52-34-26-31(28-70-47(64)48(2,3)4)5-9-37(34)71-46-44(62)43(61)42(60)38(27-53)72-46/h5,7-9,26,30,33,38,42-44,46,53,60-62H,6,10-25,27-29H2,1-4H3,(H,49,59)(H,50,57)(H,51,63)(H,52,58)/t30-,38+,42-,43-,44+,46+/m0/s1. The molecule has 6 atom stereocenters. The summed E-state index contributed by atoms with van der Waals surface area (Å²) in [6.07, 6.45) is -5.19. The fourth-order valence-electron chi connectivity index (χ4n) is 6.62. The molecule has 24 nitrogen and oxygen atoms in total. The van der Waals surface area contributed by atoms with E-state index in [0.717, 1.165) is 0 Å². The number of hydrogen-bond donors (Lipinski definition) is 8. The van der Waals surface area contributed by atoms with Crippen molar-refractivity contribution in [1.82, 2.24) is 16.0 Å². The summed E-state index contributed by atoms with van der Waals surface area (Å²) in [7, 11) is 0. The van der Waals surface area contributed by atoms with Crippen molar-refractivity contribution in [3.8, 4) is 5.75 Å². The highest BCUT2D eigenvalue weighted by atomic mass is 16.7. The van der Waals surface area contributed by atoms with Crippen molar-refractivity contribution in [2.75, 3.05) is 97.6 Å². The highest BCUT2D eigenvalue weighted by Gasteiger charge is 2.45. The molecule has 1 saturated heterocycles. The van der Waals surface area contributed by atoms with E-state index in [1.807, 2.05) is 0 Å². The van der Waals surface area contributed by atoms with E-state index in [1.54, 1.807) is 27.7 Å². The molecule has 0 radical (unpaired) electrons. The van der Waals surface area contributed by atoms with Crippen LogP contribution in [0.15, 0.2) is 30.4 Å². The van der Waals surface area contributed by atoms with Crippen LogP contribution in [0.5, 0.6) is 5.75 Å². The van der Waals surface area contributed by atoms with Crippen LogP contribution in [0.3, 0.4) is 0 Å². The number of carbonyl (C=O) groups is 8. The first-order valence-electron chi connectivity index (χ1n) is 23.8. The fourth-order valence-corrected chi connectivity index (χ4v) is 6.62. The second-order valence-corrected chi connectivity index (χ2v) is 17.9. The molecule has 8 N–H and O–H groups in total. The zero-order chi connectivity index (χ0) is 53.1. The van der Waals surface area contributed by atoms with E-state index in [1.165, 1.54) is 30.4 Å². The second kappa shape index (κ2) is 32.7. The topological polar surface area (TPSA) is 339 Å². The van der Waals surface area contributed by atoms with Gasteiger partial charge in [0.15, 0.2) is 11.6 Å². The molecule has 0 unspecified atom stereocenters. The number of hydrogen-bond acceptors (Lipinski definition) is 20. The molecule has 0 bridgehead atoms. The first-order valence-corrected chi connectivity index (χ1v) is 23.8. The number of nitrogens with one attached hydrogen (secondary N) is 4. The molecule has 0 saturated carbocycles. The minimum absolute atomic E-state index is 0.00424. The molecule has 4 amide bonds. The highest BCUT2D eigenvalue weighted by molar-refractivity contribution is 6.18. The van der Waals surface area contributed by atoms with Gasteiger partial charge in [-0.2, -0.15) is 0 Å². The van der Waals surface area contributed by atoms with Crippen LogP contribution in [0.1, 0.15) is 65.4 Å². The number of amides is 4. The maximum absolute atomic E-state index is 13.0. The molecule has 404 valence electrons. The predicted molar refractivity (Wildman–Crippen MR) is 252 cm³/mol. The van der Waals surface area contributed by atoms with Crippen LogP contribution in [-0.2, 0) is 78.1 Å². The van der Waals surface area contributed by atoms with E-state index in [0.29, 0.717) is 45.1 Å². The summed E-state index contributed by atoms with van der Waals surface area (Å²) >= 11 is 0. The average molecular weight is 1030 g/mol. The summed E-state index contributed by atoms with van der Waals surface area (Å²) < 4.78 is 43.6. The minimum atomic E-state index is -1.73. The smallest absolute Gasteiger partial charge is 0.311 e. The van der Waals surface area contributed by atoms with Crippen LogP contribution in [0.25, 0.3) is 0 Å². The average Bonchev–Trinajstić information content (AvgIpc) is 3.66. The molecule has 1 aliphatic heterocycles. The number of aliphatic hydroxyl groups excluding tert-OH is 4. The highest BCUT2D eigenvalue weighted by Crippen LogP contribution is 2.31. The molecule has 0 aromatic heterocycles. The monoisotopic (exact) mass is 1020 g/mol. The molecule has 1 fully saturated rings. The summed E-state index contributed by atoms with van der Waals surface area (Å²) in [6.45, 7) is 8.07. The third-order valence-electron chi connectivity index (χ3n) is 10.8. The number of benzene rings is 1. The van der Waals surface area contributed by atoms with Crippen LogP contribution < -0.4 is 26.0 Å². The van der Waals surface area contributed by atoms with E-state index >= 15 is 0 Å². The molecule has 1 heterocycles. The van der Waals surface area contributed by atoms with Gasteiger partial charge in [0.2, 0.25) is 29.9 Å². The van der Waals surface area contributed by atoms with Gasteiger partial charge in [-0.15, -0.1) is 0 Å². The lowest BCUT2D eigenvalue weighted by Gasteiger charge is -2.39. The van der Waals surface area contributed by atoms with Crippen molar-refractivity contribution in [3.05, 3.63) is 35.9 Å². The lowest BCUT2D eigenvalue weighted by Crippen LogP contribution is -2.60. The molecule has 24 heteroatoms. The first kappa shape index (κ1) is 61.0. The fraction of sp³-hybridized carbons (Fsp3) is 0.667. The summed E-state index contributed by atoms with van der Waals surface area (Å²) in [5.41, 5.74) is -0.245. The molecular formula is C48H72N4O20. The number of allylic oxidation sites excluding steroid dienone is 2. The summed E-state index contributed by atoms with van der Waals surface area (Å²) in [5, 5.41) is 50.9. The van der Waals surface area contributed by atoms with Crippen LogP contribution in [0, 0.1) is 17.3 Å². The SMILES string of the molecule is C[C@@H](CC(=O)CCOCCOCCOCCOCCNC(=O)CCC1C(=O)C=CC1=O)C(=O)NCCOCC(=O)NCCC(=O)Nc1cc(COC(=O)C(C)(C)C)ccc1O[C@@H]1O[C@H](CO)[C@H](O)[C@H](O)[C@H]1O. The Bertz CT molecular complexity index is 1940. The summed E-state index contributed by atoms with van der Waals surface area (Å²) in [6, 6.07) is 4.40. The van der Waals surface area contributed by atoms with Crippen molar-refractivity contribution in [1.29, 1.82) is 0 Å². The normalized spacial score (nSPS) is 19.4. The number of anilines is 1. The Morgan fingerprint density at radius 1 is 0.694 bits per heavy atom. The van der Waals surface area contributed by atoms with Crippen molar-refractivity contribution < 1.29 is 96.7 Å². The number of ether oxygens (including phenoxy) is 8. The molecule has 1 aliphatic carbocycles. The Kier molecular flexibility index (Phi) is 27.7. The van der Waals surface area contributed by atoms with Gasteiger partial charge in [-0.3, -0.25) is 38.4 Å². The summed E-state index contributed by atoms with van der Waals surface area (Å²) in [5.74, 6) is -4.26. The summed E-state index contributed by atoms with van der Waals surface area (Å²) in [4.78, 5) is 97.6. The van der Waals surface area contributed by atoms with Gasteiger partial charge in [0.25, 0.3) is 0 Å².